The standard InChI is InChI=1S/C21H28N3O8PS/c1-12(2)18-11-34-21(24-18)16(8-9-19(26)27)23-20(28)17(22-13(3)25)10-14-4-6-15(7-5-14)32-33(29,30)31/h4-7,11-12,16-17H,8-10H2,1-3H3,(H,22,25)(H,23,28)(H,26,27)(H2,29,30,31). The van der Waals surface area contributed by atoms with E-state index in [0.29, 0.717) is 10.6 Å². The fourth-order valence-electron chi connectivity index (χ4n) is 3.04. The zero-order valence-electron chi connectivity index (χ0n) is 18.9. The SMILES string of the molecule is CC(=O)NC(Cc1ccc(OP(=O)(O)O)cc1)C(=O)NC(CCC(=O)O)c1nc(C(C)C)cs1. The number of phosphoric ester groups is 1. The van der Waals surface area contributed by atoms with E-state index in [-0.39, 0.29) is 30.9 Å². The molecule has 2 aromatic rings. The van der Waals surface area contributed by atoms with Gasteiger partial charge in [0.05, 0.1) is 11.7 Å². The molecule has 0 aliphatic heterocycles. The number of nitrogens with one attached hydrogen (secondary N) is 2. The van der Waals surface area contributed by atoms with Crippen LogP contribution in [0.1, 0.15) is 61.8 Å². The van der Waals surface area contributed by atoms with Gasteiger partial charge in [0, 0.05) is 25.1 Å². The first-order chi connectivity index (χ1) is 15.8. The molecule has 186 valence electrons. The van der Waals surface area contributed by atoms with Crippen molar-refractivity contribution in [2.45, 2.75) is 58.0 Å². The molecule has 1 aromatic carbocycles. The van der Waals surface area contributed by atoms with E-state index >= 15 is 0 Å². The summed E-state index contributed by atoms with van der Waals surface area (Å²) in [7, 11) is -4.70. The minimum absolute atomic E-state index is 0.0453. The van der Waals surface area contributed by atoms with Gasteiger partial charge in [0.25, 0.3) is 0 Å². The summed E-state index contributed by atoms with van der Waals surface area (Å²) in [5.74, 6) is -1.82. The van der Waals surface area contributed by atoms with E-state index in [1.807, 2.05) is 19.2 Å². The number of hydrogen-bond donors (Lipinski definition) is 5. The maximum Gasteiger partial charge on any atom is 0.524 e. The summed E-state index contributed by atoms with van der Waals surface area (Å²) in [6.45, 7) is 5.23. The van der Waals surface area contributed by atoms with Crippen LogP contribution in [0.3, 0.4) is 0 Å². The van der Waals surface area contributed by atoms with Gasteiger partial charge in [-0.2, -0.15) is 0 Å². The average Bonchev–Trinajstić information content (AvgIpc) is 3.21. The smallest absolute Gasteiger partial charge is 0.481 e. The van der Waals surface area contributed by atoms with Crippen molar-refractivity contribution in [2.75, 3.05) is 0 Å². The zero-order valence-corrected chi connectivity index (χ0v) is 20.6. The summed E-state index contributed by atoms with van der Waals surface area (Å²) in [4.78, 5) is 58.2. The third-order valence-corrected chi connectivity index (χ3v) is 6.10. The molecule has 11 nitrogen and oxygen atoms in total. The number of carboxylic acids is 1. The van der Waals surface area contributed by atoms with Crippen molar-refractivity contribution in [3.8, 4) is 5.75 Å². The summed E-state index contributed by atoms with van der Waals surface area (Å²) >= 11 is 1.33. The van der Waals surface area contributed by atoms with E-state index in [2.05, 4.69) is 20.1 Å². The van der Waals surface area contributed by atoms with E-state index < -0.39 is 37.7 Å². The number of hydrogen-bond acceptors (Lipinski definition) is 7. The summed E-state index contributed by atoms with van der Waals surface area (Å²) < 4.78 is 15.5. The molecule has 5 N–H and O–H groups in total. The number of thiazole rings is 1. The van der Waals surface area contributed by atoms with Gasteiger partial charge in [-0.25, -0.2) is 9.55 Å². The van der Waals surface area contributed by atoms with Crippen LogP contribution < -0.4 is 15.2 Å². The molecular formula is C21H28N3O8PS. The van der Waals surface area contributed by atoms with Gasteiger partial charge >= 0.3 is 13.8 Å². The first-order valence-corrected chi connectivity index (χ1v) is 12.8. The van der Waals surface area contributed by atoms with Gasteiger partial charge in [0.2, 0.25) is 11.8 Å². The highest BCUT2D eigenvalue weighted by atomic mass is 32.1. The molecule has 0 fully saturated rings. The second kappa shape index (κ2) is 12.1. The van der Waals surface area contributed by atoms with Crippen LogP contribution in [0.15, 0.2) is 29.6 Å². The monoisotopic (exact) mass is 513 g/mol. The number of benzene rings is 1. The van der Waals surface area contributed by atoms with Crippen LogP contribution in [-0.2, 0) is 25.4 Å². The lowest BCUT2D eigenvalue weighted by Gasteiger charge is -2.22. The number of carbonyl (C=O) groups is 3. The number of carboxylic acid groups (broad SMARTS) is 1. The average molecular weight is 514 g/mol. The van der Waals surface area contributed by atoms with Crippen molar-refractivity contribution < 1.29 is 38.4 Å². The lowest BCUT2D eigenvalue weighted by Crippen LogP contribution is -2.48. The van der Waals surface area contributed by atoms with Gasteiger partial charge in [-0.15, -0.1) is 11.3 Å². The Bertz CT molecular complexity index is 1050. The fraction of sp³-hybridized carbons (Fsp3) is 0.429. The Morgan fingerprint density at radius 2 is 1.79 bits per heavy atom. The third-order valence-electron chi connectivity index (χ3n) is 4.67. The van der Waals surface area contributed by atoms with Gasteiger partial charge in [-0.05, 0) is 30.0 Å². The van der Waals surface area contributed by atoms with Gasteiger partial charge < -0.3 is 20.3 Å². The topological polar surface area (TPSA) is 175 Å². The number of aromatic nitrogens is 1. The molecule has 0 saturated carbocycles. The lowest BCUT2D eigenvalue weighted by atomic mass is 10.0. The number of aliphatic carboxylic acids is 1. The number of phosphoric acid groups is 1. The van der Waals surface area contributed by atoms with Gasteiger partial charge in [-0.3, -0.25) is 24.2 Å². The maximum absolute atomic E-state index is 13.1. The molecule has 2 rings (SSSR count). The van der Waals surface area contributed by atoms with Crippen LogP contribution >= 0.6 is 19.2 Å². The summed E-state index contributed by atoms with van der Waals surface area (Å²) in [5, 5.41) is 17.0. The Morgan fingerprint density at radius 1 is 1.15 bits per heavy atom. The van der Waals surface area contributed by atoms with Crippen molar-refractivity contribution >= 4 is 36.9 Å². The predicted molar refractivity (Wildman–Crippen MR) is 124 cm³/mol. The van der Waals surface area contributed by atoms with E-state index in [9.17, 15) is 18.9 Å². The first-order valence-electron chi connectivity index (χ1n) is 10.4. The number of amides is 2. The van der Waals surface area contributed by atoms with Crippen molar-refractivity contribution in [3.63, 3.8) is 0 Å². The maximum atomic E-state index is 13.1. The van der Waals surface area contributed by atoms with E-state index in [0.717, 1.165) is 5.69 Å². The van der Waals surface area contributed by atoms with Crippen molar-refractivity contribution in [1.82, 2.24) is 15.6 Å². The molecule has 0 bridgehead atoms. The number of carbonyl (C=O) groups excluding carboxylic acids is 2. The largest absolute Gasteiger partial charge is 0.524 e. The molecule has 0 aliphatic rings. The van der Waals surface area contributed by atoms with Gasteiger partial charge in [-0.1, -0.05) is 26.0 Å². The highest BCUT2D eigenvalue weighted by Crippen LogP contribution is 2.37. The molecule has 34 heavy (non-hydrogen) atoms. The molecule has 0 saturated heterocycles. The summed E-state index contributed by atoms with van der Waals surface area (Å²) in [6.07, 6.45) is 0.0447. The molecule has 2 atom stereocenters. The van der Waals surface area contributed by atoms with E-state index in [1.54, 1.807) is 0 Å². The molecule has 0 aliphatic carbocycles. The molecule has 2 amide bonds. The van der Waals surface area contributed by atoms with Crippen LogP contribution in [0.2, 0.25) is 0 Å². The lowest BCUT2D eigenvalue weighted by molar-refractivity contribution is -0.137. The Balaban J connectivity index is 2.19. The normalized spacial score (nSPS) is 13.2. The summed E-state index contributed by atoms with van der Waals surface area (Å²) in [6, 6.07) is 4.11. The van der Waals surface area contributed by atoms with E-state index in [1.165, 1.54) is 42.5 Å². The van der Waals surface area contributed by atoms with Crippen LogP contribution in [-0.4, -0.2) is 43.7 Å². The first kappa shape index (κ1) is 27.5. The second-order valence-electron chi connectivity index (χ2n) is 7.94. The highest BCUT2D eigenvalue weighted by molar-refractivity contribution is 7.46. The molecule has 1 aromatic heterocycles. The minimum Gasteiger partial charge on any atom is -0.481 e. The quantitative estimate of drug-likeness (QED) is 0.267. The summed E-state index contributed by atoms with van der Waals surface area (Å²) in [5.41, 5.74) is 1.44. The highest BCUT2D eigenvalue weighted by Gasteiger charge is 2.26. The van der Waals surface area contributed by atoms with Crippen molar-refractivity contribution in [3.05, 3.63) is 45.9 Å². The van der Waals surface area contributed by atoms with Gasteiger partial charge in [0.1, 0.15) is 16.8 Å². The Kier molecular flexibility index (Phi) is 9.75. The van der Waals surface area contributed by atoms with Crippen molar-refractivity contribution in [1.29, 1.82) is 0 Å². The minimum atomic E-state index is -4.70. The number of rotatable bonds is 12. The molecule has 1 heterocycles. The van der Waals surface area contributed by atoms with Crippen LogP contribution in [0, 0.1) is 0 Å². The molecule has 0 spiro atoms. The number of nitrogens with zero attached hydrogens (tertiary/aromatic N) is 1. The van der Waals surface area contributed by atoms with Crippen LogP contribution in [0.5, 0.6) is 5.75 Å². The molecule has 2 unspecified atom stereocenters. The molecule has 0 radical (unpaired) electrons. The molecular weight excluding hydrogens is 485 g/mol. The zero-order chi connectivity index (χ0) is 25.5. The fourth-order valence-corrected chi connectivity index (χ4v) is 4.50. The van der Waals surface area contributed by atoms with Crippen molar-refractivity contribution in [2.24, 2.45) is 0 Å². The van der Waals surface area contributed by atoms with Crippen LogP contribution in [0.4, 0.5) is 0 Å². The third kappa shape index (κ3) is 9.22. The molecule has 13 heteroatoms. The van der Waals surface area contributed by atoms with Crippen LogP contribution in [0.25, 0.3) is 0 Å². The second-order valence-corrected chi connectivity index (χ2v) is 10.00. The Hall–Kier alpha value is -2.79. The van der Waals surface area contributed by atoms with E-state index in [4.69, 9.17) is 14.9 Å². The predicted octanol–water partition coefficient (Wildman–Crippen LogP) is 2.51. The van der Waals surface area contributed by atoms with Gasteiger partial charge in [0.15, 0.2) is 0 Å². The Labute approximate surface area is 200 Å². The Morgan fingerprint density at radius 3 is 2.29 bits per heavy atom.